The molecule has 1 saturated heterocycles. The van der Waals surface area contributed by atoms with Crippen molar-refractivity contribution in [2.75, 3.05) is 38.2 Å². The van der Waals surface area contributed by atoms with E-state index in [4.69, 9.17) is 9.47 Å². The van der Waals surface area contributed by atoms with Gasteiger partial charge in [0.15, 0.2) is 0 Å². The SMILES string of the molecule is COc1cc(OC(C)=O)cc(N2CCNCC2)c1. The fraction of sp³-hybridized carbons (Fsp3) is 0.462. The molecule has 1 aliphatic heterocycles. The number of anilines is 1. The molecular weight excluding hydrogens is 232 g/mol. The maximum absolute atomic E-state index is 11.0. The van der Waals surface area contributed by atoms with Crippen LogP contribution in [-0.4, -0.2) is 39.3 Å². The Morgan fingerprint density at radius 3 is 2.50 bits per heavy atom. The number of nitrogens with one attached hydrogen (secondary N) is 1. The van der Waals surface area contributed by atoms with Gasteiger partial charge < -0.3 is 19.7 Å². The first-order chi connectivity index (χ1) is 8.69. The highest BCUT2D eigenvalue weighted by atomic mass is 16.5. The average molecular weight is 250 g/mol. The maximum atomic E-state index is 11.0. The molecule has 0 aromatic heterocycles. The standard InChI is InChI=1S/C13H18N2O3/c1-10(16)18-13-8-11(7-12(9-13)17-2)15-5-3-14-4-6-15/h7-9,14H,3-6H2,1-2H3. The molecule has 18 heavy (non-hydrogen) atoms. The van der Waals surface area contributed by atoms with E-state index in [1.807, 2.05) is 12.1 Å². The molecule has 0 unspecified atom stereocenters. The third-order valence-electron chi connectivity index (χ3n) is 2.84. The smallest absolute Gasteiger partial charge is 0.308 e. The summed E-state index contributed by atoms with van der Waals surface area (Å²) in [6.45, 7) is 5.18. The Bertz CT molecular complexity index is 428. The molecule has 0 amide bonds. The summed E-state index contributed by atoms with van der Waals surface area (Å²) in [7, 11) is 1.61. The zero-order valence-corrected chi connectivity index (χ0v) is 10.7. The number of methoxy groups -OCH3 is 1. The number of esters is 1. The van der Waals surface area contributed by atoms with E-state index in [0.29, 0.717) is 11.5 Å². The Labute approximate surface area is 107 Å². The molecule has 0 aliphatic carbocycles. The number of hydrogen-bond donors (Lipinski definition) is 1. The van der Waals surface area contributed by atoms with Crippen LogP contribution >= 0.6 is 0 Å². The van der Waals surface area contributed by atoms with Gasteiger partial charge in [0.1, 0.15) is 11.5 Å². The van der Waals surface area contributed by atoms with E-state index in [-0.39, 0.29) is 5.97 Å². The van der Waals surface area contributed by atoms with Crippen molar-refractivity contribution in [3.05, 3.63) is 18.2 Å². The molecule has 0 bridgehead atoms. The van der Waals surface area contributed by atoms with Crippen molar-refractivity contribution in [3.8, 4) is 11.5 Å². The van der Waals surface area contributed by atoms with Gasteiger partial charge in [-0.15, -0.1) is 0 Å². The van der Waals surface area contributed by atoms with E-state index >= 15 is 0 Å². The molecule has 0 atom stereocenters. The first kappa shape index (κ1) is 12.7. The summed E-state index contributed by atoms with van der Waals surface area (Å²) >= 11 is 0. The Morgan fingerprint density at radius 2 is 1.89 bits per heavy atom. The van der Waals surface area contributed by atoms with Crippen LogP contribution in [0.5, 0.6) is 11.5 Å². The van der Waals surface area contributed by atoms with Gasteiger partial charge in [0.25, 0.3) is 0 Å². The summed E-state index contributed by atoms with van der Waals surface area (Å²) < 4.78 is 10.4. The normalized spacial score (nSPS) is 15.3. The Kier molecular flexibility index (Phi) is 4.04. The van der Waals surface area contributed by atoms with Crippen LogP contribution in [0.1, 0.15) is 6.92 Å². The highest BCUT2D eigenvalue weighted by molar-refractivity contribution is 5.70. The molecular formula is C13H18N2O3. The maximum Gasteiger partial charge on any atom is 0.308 e. The molecule has 0 spiro atoms. The van der Waals surface area contributed by atoms with Crippen LogP contribution in [0, 0.1) is 0 Å². The molecule has 98 valence electrons. The number of hydrogen-bond acceptors (Lipinski definition) is 5. The second kappa shape index (κ2) is 5.73. The van der Waals surface area contributed by atoms with Crippen molar-refractivity contribution in [1.82, 2.24) is 5.32 Å². The molecule has 0 saturated carbocycles. The highest BCUT2D eigenvalue weighted by Crippen LogP contribution is 2.28. The molecule has 2 rings (SSSR count). The monoisotopic (exact) mass is 250 g/mol. The number of benzene rings is 1. The lowest BCUT2D eigenvalue weighted by Crippen LogP contribution is -2.43. The minimum Gasteiger partial charge on any atom is -0.497 e. The van der Waals surface area contributed by atoms with Crippen molar-refractivity contribution in [2.24, 2.45) is 0 Å². The van der Waals surface area contributed by atoms with E-state index in [0.717, 1.165) is 31.9 Å². The summed E-state index contributed by atoms with van der Waals surface area (Å²) in [5.74, 6) is 0.896. The third kappa shape index (κ3) is 3.13. The number of carbonyl (C=O) groups is 1. The minimum absolute atomic E-state index is 0.325. The van der Waals surface area contributed by atoms with Crippen molar-refractivity contribution >= 4 is 11.7 Å². The molecule has 1 heterocycles. The van der Waals surface area contributed by atoms with Crippen LogP contribution in [0.25, 0.3) is 0 Å². The van der Waals surface area contributed by atoms with Crippen LogP contribution in [0.4, 0.5) is 5.69 Å². The fourth-order valence-electron chi connectivity index (χ4n) is 2.01. The number of ether oxygens (including phenoxy) is 2. The van der Waals surface area contributed by atoms with E-state index in [9.17, 15) is 4.79 Å². The summed E-state index contributed by atoms with van der Waals surface area (Å²) in [4.78, 5) is 13.3. The fourth-order valence-corrected chi connectivity index (χ4v) is 2.01. The second-order valence-corrected chi connectivity index (χ2v) is 4.20. The van der Waals surface area contributed by atoms with Gasteiger partial charge in [0.05, 0.1) is 7.11 Å². The van der Waals surface area contributed by atoms with Gasteiger partial charge in [-0.1, -0.05) is 0 Å². The van der Waals surface area contributed by atoms with Gasteiger partial charge in [-0.3, -0.25) is 4.79 Å². The third-order valence-corrected chi connectivity index (χ3v) is 2.84. The zero-order chi connectivity index (χ0) is 13.0. The van der Waals surface area contributed by atoms with Crippen molar-refractivity contribution in [1.29, 1.82) is 0 Å². The number of carbonyl (C=O) groups excluding carboxylic acids is 1. The lowest BCUT2D eigenvalue weighted by Gasteiger charge is -2.29. The second-order valence-electron chi connectivity index (χ2n) is 4.20. The number of rotatable bonds is 3. The van der Waals surface area contributed by atoms with E-state index in [1.165, 1.54) is 6.92 Å². The molecule has 1 aromatic carbocycles. The molecule has 1 fully saturated rings. The topological polar surface area (TPSA) is 50.8 Å². The van der Waals surface area contributed by atoms with Gasteiger partial charge in [0.2, 0.25) is 0 Å². The van der Waals surface area contributed by atoms with Gasteiger partial charge in [-0.05, 0) is 0 Å². The van der Waals surface area contributed by atoms with Crippen molar-refractivity contribution in [2.45, 2.75) is 6.92 Å². The molecule has 0 radical (unpaired) electrons. The lowest BCUT2D eigenvalue weighted by atomic mass is 10.2. The number of piperazine rings is 1. The largest absolute Gasteiger partial charge is 0.497 e. The lowest BCUT2D eigenvalue weighted by molar-refractivity contribution is -0.131. The summed E-state index contributed by atoms with van der Waals surface area (Å²) in [6, 6.07) is 5.54. The van der Waals surface area contributed by atoms with Crippen LogP contribution in [0.2, 0.25) is 0 Å². The molecule has 5 heteroatoms. The van der Waals surface area contributed by atoms with Crippen molar-refractivity contribution in [3.63, 3.8) is 0 Å². The minimum atomic E-state index is -0.325. The van der Waals surface area contributed by atoms with Gasteiger partial charge in [-0.25, -0.2) is 0 Å². The van der Waals surface area contributed by atoms with Crippen LogP contribution in [0.3, 0.4) is 0 Å². The van der Waals surface area contributed by atoms with E-state index < -0.39 is 0 Å². The quantitative estimate of drug-likeness (QED) is 0.641. The average Bonchev–Trinajstić information content (AvgIpc) is 2.38. The summed E-state index contributed by atoms with van der Waals surface area (Å²) in [5.41, 5.74) is 1.02. The first-order valence-electron chi connectivity index (χ1n) is 6.02. The first-order valence-corrected chi connectivity index (χ1v) is 6.02. The Hall–Kier alpha value is -1.75. The van der Waals surface area contributed by atoms with Gasteiger partial charge in [-0.2, -0.15) is 0 Å². The zero-order valence-electron chi connectivity index (χ0n) is 10.7. The van der Waals surface area contributed by atoms with E-state index in [2.05, 4.69) is 10.2 Å². The predicted molar refractivity (Wildman–Crippen MR) is 69.4 cm³/mol. The molecule has 1 aliphatic rings. The van der Waals surface area contributed by atoms with Crippen LogP contribution < -0.4 is 19.7 Å². The van der Waals surface area contributed by atoms with Gasteiger partial charge >= 0.3 is 5.97 Å². The highest BCUT2D eigenvalue weighted by Gasteiger charge is 2.13. The number of nitrogens with zero attached hydrogens (tertiary/aromatic N) is 1. The van der Waals surface area contributed by atoms with Crippen LogP contribution in [-0.2, 0) is 4.79 Å². The molecule has 5 nitrogen and oxygen atoms in total. The molecule has 1 N–H and O–H groups in total. The molecule has 1 aromatic rings. The summed E-state index contributed by atoms with van der Waals surface area (Å²) in [6.07, 6.45) is 0. The Morgan fingerprint density at radius 1 is 1.22 bits per heavy atom. The summed E-state index contributed by atoms with van der Waals surface area (Å²) in [5, 5.41) is 3.30. The van der Waals surface area contributed by atoms with Crippen molar-refractivity contribution < 1.29 is 14.3 Å². The van der Waals surface area contributed by atoms with Crippen LogP contribution in [0.15, 0.2) is 18.2 Å². The Balaban J connectivity index is 2.24. The predicted octanol–water partition coefficient (Wildman–Crippen LogP) is 1.03. The van der Waals surface area contributed by atoms with E-state index in [1.54, 1.807) is 13.2 Å². The van der Waals surface area contributed by atoms with Gasteiger partial charge in [0, 0.05) is 57.0 Å².